The van der Waals surface area contributed by atoms with Crippen molar-refractivity contribution in [3.05, 3.63) is 237 Å². The van der Waals surface area contributed by atoms with Gasteiger partial charge in [-0.3, -0.25) is 0 Å². The predicted molar refractivity (Wildman–Crippen MR) is 253 cm³/mol. The summed E-state index contributed by atoms with van der Waals surface area (Å²) in [5, 5.41) is 4.72. The first-order chi connectivity index (χ1) is 29.7. The molecule has 11 rings (SSSR count). The Balaban J connectivity index is 0.911. The van der Waals surface area contributed by atoms with Gasteiger partial charge >= 0.3 is 0 Å². The van der Waals surface area contributed by atoms with E-state index in [1.165, 1.54) is 60.8 Å². The van der Waals surface area contributed by atoms with Crippen molar-refractivity contribution in [2.24, 2.45) is 0 Å². The SMILES string of the molecule is c1ccc(-c2ccc(-c3ccc(N(c4ccc(-c5ccc(-c6cccc(-c7ccc8ccccc8c7)c6)cc5)cc4)c4cccc5c4oc4ccccc45)cc3)cc2)cc1. The molecule has 1 aromatic heterocycles. The van der Waals surface area contributed by atoms with E-state index >= 15 is 0 Å². The first-order valence-electron chi connectivity index (χ1n) is 20.5. The van der Waals surface area contributed by atoms with Crippen LogP contribution in [0.15, 0.2) is 241 Å². The molecule has 2 heteroatoms. The number of rotatable bonds is 8. The highest BCUT2D eigenvalue weighted by Crippen LogP contribution is 2.43. The lowest BCUT2D eigenvalue weighted by molar-refractivity contribution is 0.669. The third-order valence-electron chi connectivity index (χ3n) is 11.7. The number of para-hydroxylation sites is 2. The topological polar surface area (TPSA) is 16.4 Å². The molecule has 0 saturated heterocycles. The molecule has 0 bridgehead atoms. The highest BCUT2D eigenvalue weighted by molar-refractivity contribution is 6.10. The van der Waals surface area contributed by atoms with Gasteiger partial charge in [-0.15, -0.1) is 0 Å². The second-order valence-electron chi connectivity index (χ2n) is 15.3. The van der Waals surface area contributed by atoms with E-state index in [2.05, 4.69) is 229 Å². The summed E-state index contributed by atoms with van der Waals surface area (Å²) in [6.45, 7) is 0. The summed E-state index contributed by atoms with van der Waals surface area (Å²) in [6, 6.07) is 84.8. The molecule has 0 unspecified atom stereocenters. The summed E-state index contributed by atoms with van der Waals surface area (Å²) in [7, 11) is 0. The maximum atomic E-state index is 6.60. The van der Waals surface area contributed by atoms with E-state index in [0.29, 0.717) is 0 Å². The smallest absolute Gasteiger partial charge is 0.159 e. The monoisotopic (exact) mass is 765 g/mol. The molecular weight excluding hydrogens is 727 g/mol. The van der Waals surface area contributed by atoms with Gasteiger partial charge in [0.25, 0.3) is 0 Å². The second kappa shape index (κ2) is 15.1. The van der Waals surface area contributed by atoms with E-state index in [1.54, 1.807) is 0 Å². The van der Waals surface area contributed by atoms with Crippen LogP contribution in [0.2, 0.25) is 0 Å². The predicted octanol–water partition coefficient (Wildman–Crippen LogP) is 16.5. The molecule has 0 amide bonds. The lowest BCUT2D eigenvalue weighted by atomic mass is 9.96. The standard InChI is InChI=1S/C58H39NO/c1-2-10-40(11-3-1)42-20-22-43(23-21-42)45-30-34-52(35-31-45)59(56-18-9-17-55-54-16-6-7-19-57(54)60-58(55)56)53-36-32-46(33-37-53)44-24-26-47(27-25-44)49-14-8-15-50(38-49)51-29-28-41-12-4-5-13-48(41)39-51/h1-39H. The second-order valence-corrected chi connectivity index (χ2v) is 15.3. The Morgan fingerprint density at radius 3 is 1.32 bits per heavy atom. The van der Waals surface area contributed by atoms with Gasteiger partial charge in [-0.1, -0.05) is 188 Å². The Morgan fingerprint density at radius 2 is 0.683 bits per heavy atom. The maximum Gasteiger partial charge on any atom is 0.159 e. The molecule has 60 heavy (non-hydrogen) atoms. The molecule has 0 aliphatic heterocycles. The quantitative estimate of drug-likeness (QED) is 0.153. The van der Waals surface area contributed by atoms with Crippen molar-refractivity contribution in [1.82, 2.24) is 0 Å². The molecule has 11 aromatic rings. The highest BCUT2D eigenvalue weighted by Gasteiger charge is 2.19. The van der Waals surface area contributed by atoms with Crippen LogP contribution >= 0.6 is 0 Å². The molecule has 0 aliphatic rings. The van der Waals surface area contributed by atoms with Gasteiger partial charge in [0, 0.05) is 22.1 Å². The Morgan fingerprint density at radius 1 is 0.267 bits per heavy atom. The number of furan rings is 1. The summed E-state index contributed by atoms with van der Waals surface area (Å²) in [4.78, 5) is 2.31. The summed E-state index contributed by atoms with van der Waals surface area (Å²) in [6.07, 6.45) is 0. The Bertz CT molecular complexity index is 3270. The molecule has 0 aliphatic carbocycles. The van der Waals surface area contributed by atoms with Crippen LogP contribution in [0.3, 0.4) is 0 Å². The summed E-state index contributed by atoms with van der Waals surface area (Å²) in [5.74, 6) is 0. The molecule has 10 aromatic carbocycles. The van der Waals surface area contributed by atoms with E-state index in [-0.39, 0.29) is 0 Å². The number of hydrogen-bond donors (Lipinski definition) is 0. The largest absolute Gasteiger partial charge is 0.454 e. The van der Waals surface area contributed by atoms with Crippen LogP contribution in [0.4, 0.5) is 17.1 Å². The van der Waals surface area contributed by atoms with Crippen LogP contribution < -0.4 is 4.90 Å². The molecule has 2 nitrogen and oxygen atoms in total. The van der Waals surface area contributed by atoms with E-state index in [1.807, 2.05) is 12.1 Å². The minimum atomic E-state index is 0.864. The van der Waals surface area contributed by atoms with Crippen molar-refractivity contribution in [2.75, 3.05) is 4.90 Å². The van der Waals surface area contributed by atoms with Gasteiger partial charge in [-0.05, 0) is 115 Å². The van der Waals surface area contributed by atoms with Crippen molar-refractivity contribution in [3.8, 4) is 55.6 Å². The number of hydrogen-bond acceptors (Lipinski definition) is 2. The van der Waals surface area contributed by atoms with Gasteiger partial charge in [0.2, 0.25) is 0 Å². The van der Waals surface area contributed by atoms with Crippen LogP contribution in [0.1, 0.15) is 0 Å². The molecule has 0 atom stereocenters. The van der Waals surface area contributed by atoms with Crippen LogP contribution in [-0.2, 0) is 0 Å². The molecule has 0 spiro atoms. The fraction of sp³-hybridized carbons (Fsp3) is 0. The van der Waals surface area contributed by atoms with Gasteiger partial charge in [-0.2, -0.15) is 0 Å². The van der Waals surface area contributed by atoms with E-state index in [4.69, 9.17) is 4.42 Å². The fourth-order valence-corrected chi connectivity index (χ4v) is 8.53. The van der Waals surface area contributed by atoms with Gasteiger partial charge < -0.3 is 9.32 Å². The summed E-state index contributed by atoms with van der Waals surface area (Å²) >= 11 is 0. The fourth-order valence-electron chi connectivity index (χ4n) is 8.53. The van der Waals surface area contributed by atoms with Crippen molar-refractivity contribution in [1.29, 1.82) is 0 Å². The molecular formula is C58H39NO. The van der Waals surface area contributed by atoms with Crippen molar-refractivity contribution >= 4 is 49.8 Å². The molecule has 0 fully saturated rings. The van der Waals surface area contributed by atoms with Crippen molar-refractivity contribution < 1.29 is 4.42 Å². The zero-order chi connectivity index (χ0) is 39.8. The van der Waals surface area contributed by atoms with Crippen LogP contribution in [0.5, 0.6) is 0 Å². The molecule has 1 heterocycles. The Labute approximate surface area is 349 Å². The molecule has 0 N–H and O–H groups in total. The van der Waals surface area contributed by atoms with E-state index in [9.17, 15) is 0 Å². The average Bonchev–Trinajstić information content (AvgIpc) is 3.72. The minimum absolute atomic E-state index is 0.864. The normalized spacial score (nSPS) is 11.3. The van der Waals surface area contributed by atoms with Gasteiger partial charge in [0.1, 0.15) is 5.58 Å². The third-order valence-corrected chi connectivity index (χ3v) is 11.7. The lowest BCUT2D eigenvalue weighted by Gasteiger charge is -2.26. The third kappa shape index (κ3) is 6.61. The van der Waals surface area contributed by atoms with Gasteiger partial charge in [0.05, 0.1) is 5.69 Å². The average molecular weight is 766 g/mol. The Hall–Kier alpha value is -7.94. The first kappa shape index (κ1) is 35.2. The van der Waals surface area contributed by atoms with Crippen LogP contribution in [0, 0.1) is 0 Å². The van der Waals surface area contributed by atoms with E-state index < -0.39 is 0 Å². The molecule has 0 saturated carbocycles. The van der Waals surface area contributed by atoms with Gasteiger partial charge in [0.15, 0.2) is 5.58 Å². The lowest BCUT2D eigenvalue weighted by Crippen LogP contribution is -2.10. The first-order valence-corrected chi connectivity index (χ1v) is 20.5. The summed E-state index contributed by atoms with van der Waals surface area (Å²) in [5.41, 5.74) is 16.8. The van der Waals surface area contributed by atoms with Crippen LogP contribution in [0.25, 0.3) is 88.3 Å². The van der Waals surface area contributed by atoms with E-state index in [0.717, 1.165) is 44.6 Å². The van der Waals surface area contributed by atoms with Crippen molar-refractivity contribution in [3.63, 3.8) is 0 Å². The number of anilines is 3. The molecule has 282 valence electrons. The number of fused-ring (bicyclic) bond motifs is 4. The number of benzene rings is 10. The zero-order valence-corrected chi connectivity index (χ0v) is 32.9. The minimum Gasteiger partial charge on any atom is -0.454 e. The summed E-state index contributed by atoms with van der Waals surface area (Å²) < 4.78 is 6.60. The Kier molecular flexibility index (Phi) is 8.87. The van der Waals surface area contributed by atoms with Gasteiger partial charge in [-0.25, -0.2) is 0 Å². The number of nitrogens with zero attached hydrogens (tertiary/aromatic N) is 1. The van der Waals surface area contributed by atoms with Crippen molar-refractivity contribution in [2.45, 2.75) is 0 Å². The maximum absolute atomic E-state index is 6.60. The zero-order valence-electron chi connectivity index (χ0n) is 32.9. The highest BCUT2D eigenvalue weighted by atomic mass is 16.3. The van der Waals surface area contributed by atoms with Crippen LogP contribution in [-0.4, -0.2) is 0 Å². The molecule has 0 radical (unpaired) electrons.